The maximum absolute atomic E-state index is 13.5. The predicted molar refractivity (Wildman–Crippen MR) is 230 cm³/mol. The van der Waals surface area contributed by atoms with Crippen molar-refractivity contribution in [2.45, 2.75) is 173 Å². The lowest BCUT2D eigenvalue weighted by molar-refractivity contribution is -0.349. The van der Waals surface area contributed by atoms with Crippen LogP contribution in [0.2, 0.25) is 0 Å². The average Bonchev–Trinajstić information content (AvgIpc) is 3.92. The first kappa shape index (κ1) is 45.7. The predicted octanol–water partition coefficient (Wildman–Crippen LogP) is 4.26. The zero-order valence-electron chi connectivity index (χ0n) is 37.9. The van der Waals surface area contributed by atoms with Crippen LogP contribution in [0.4, 0.5) is 0 Å². The van der Waals surface area contributed by atoms with E-state index in [1.807, 2.05) is 6.92 Å². The van der Waals surface area contributed by atoms with Crippen LogP contribution in [0.25, 0.3) is 0 Å². The number of allylic oxidation sites excluding steroid dienone is 2. The molecule has 1 aromatic heterocycles. The second-order valence-corrected chi connectivity index (χ2v) is 23.0. The molecular formula is C49H75N3O11. The van der Waals surface area contributed by atoms with Gasteiger partial charge in [-0.2, -0.15) is 0 Å². The molecule has 6 aliphatic carbocycles. The Labute approximate surface area is 372 Å². The molecule has 3 heterocycles. The van der Waals surface area contributed by atoms with Crippen LogP contribution in [-0.2, 0) is 25.5 Å². The Kier molecular flexibility index (Phi) is 11.9. The number of carbonyl (C=O) groups is 2. The molecule has 2 aliphatic heterocycles. The quantitative estimate of drug-likeness (QED) is 0.119. The smallest absolute Gasteiger partial charge is 0.310 e. The number of aliphatic hydroxyl groups is 6. The fourth-order valence-electron chi connectivity index (χ4n) is 16.7. The standard InChI is InChI=1S/C49H75N3O11/c1-44(24-53)14-16-48(43(60)61)17-15-46(3)30(32(48)21-44)10-11-36-47(46,4)13-12-35-45(2,25-54)41(63-42-40(59)39(58)34(55)23-62-42)38(57)31(49(35,36)28-8-6-5-7-9-28)18-27-19-37(56)52-33(27)20-29-22-50-26-51-29/h10,22,26-28,31-36,38-42,53-55,57-59H,5-9,11-21,23-25H2,1-4H3,(H,50,51)(H,52,56)(H,60,61)/t27-,31+,32-,33+,34+,35+,36-,38+,39-,40+,41+,42-,44-,45-,46+,47+,48-,49-/m0/s1. The number of carbonyl (C=O) groups excluding carboxylic acids is 1. The Morgan fingerprint density at radius 2 is 1.67 bits per heavy atom. The lowest BCUT2D eigenvalue weighted by atomic mass is 9.29. The summed E-state index contributed by atoms with van der Waals surface area (Å²) in [4.78, 5) is 34.4. The van der Waals surface area contributed by atoms with Gasteiger partial charge >= 0.3 is 5.97 Å². The van der Waals surface area contributed by atoms with Crippen LogP contribution in [0.5, 0.6) is 0 Å². The lowest BCUT2D eigenvalue weighted by Gasteiger charge is -2.76. The number of nitrogens with one attached hydrogen (secondary N) is 2. The molecule has 9 rings (SSSR count). The minimum absolute atomic E-state index is 0.0144. The summed E-state index contributed by atoms with van der Waals surface area (Å²) < 4.78 is 12.6. The summed E-state index contributed by atoms with van der Waals surface area (Å²) in [7, 11) is 0. The van der Waals surface area contributed by atoms with Crippen LogP contribution in [0.15, 0.2) is 24.2 Å². The number of ether oxygens (including phenoxy) is 2. The molecule has 14 nitrogen and oxygen atoms in total. The van der Waals surface area contributed by atoms with Crippen LogP contribution in [0.3, 0.4) is 0 Å². The number of aliphatic carboxylic acids is 1. The minimum Gasteiger partial charge on any atom is -0.481 e. The van der Waals surface area contributed by atoms with Gasteiger partial charge in [0.2, 0.25) is 5.91 Å². The number of carboxylic acid groups (broad SMARTS) is 1. The molecule has 0 unspecified atom stereocenters. The van der Waals surface area contributed by atoms with Gasteiger partial charge in [0, 0.05) is 42.8 Å². The van der Waals surface area contributed by atoms with Gasteiger partial charge in [-0.3, -0.25) is 9.59 Å². The van der Waals surface area contributed by atoms with Crippen molar-refractivity contribution in [1.82, 2.24) is 15.3 Å². The normalized spacial score (nSPS) is 50.1. The fourth-order valence-corrected chi connectivity index (χ4v) is 16.7. The van der Waals surface area contributed by atoms with Crippen molar-refractivity contribution in [2.24, 2.45) is 68.0 Å². The second-order valence-electron chi connectivity index (χ2n) is 23.0. The first-order valence-corrected chi connectivity index (χ1v) is 24.3. The Morgan fingerprint density at radius 1 is 0.921 bits per heavy atom. The van der Waals surface area contributed by atoms with Gasteiger partial charge < -0.3 is 55.5 Å². The minimum atomic E-state index is -1.59. The van der Waals surface area contributed by atoms with E-state index in [0.29, 0.717) is 51.4 Å². The average molecular weight is 882 g/mol. The number of fused-ring (bicyclic) bond motifs is 7. The molecule has 18 atom stereocenters. The maximum atomic E-state index is 13.5. The number of rotatable bonds is 10. The number of hydrogen-bond donors (Lipinski definition) is 9. The van der Waals surface area contributed by atoms with Gasteiger partial charge in [0.1, 0.15) is 18.3 Å². The lowest BCUT2D eigenvalue weighted by Crippen LogP contribution is -2.75. The molecule has 14 heteroatoms. The topological polar surface area (TPSA) is 235 Å². The Bertz CT molecular complexity index is 1890. The number of H-pyrrole nitrogens is 1. The van der Waals surface area contributed by atoms with Gasteiger partial charge in [-0.25, -0.2) is 4.98 Å². The third-order valence-corrected chi connectivity index (χ3v) is 20.3. The largest absolute Gasteiger partial charge is 0.481 e. The van der Waals surface area contributed by atoms with Crippen LogP contribution in [0.1, 0.15) is 130 Å². The van der Waals surface area contributed by atoms with Gasteiger partial charge in [0.05, 0.1) is 37.2 Å². The van der Waals surface area contributed by atoms with E-state index in [9.17, 15) is 45.3 Å². The summed E-state index contributed by atoms with van der Waals surface area (Å²) >= 11 is 0. The highest BCUT2D eigenvalue weighted by Crippen LogP contribution is 2.79. The van der Waals surface area contributed by atoms with Crippen LogP contribution >= 0.6 is 0 Å². The number of amides is 1. The summed E-state index contributed by atoms with van der Waals surface area (Å²) in [6.07, 6.45) is 9.79. The van der Waals surface area contributed by atoms with E-state index in [2.05, 4.69) is 42.1 Å². The van der Waals surface area contributed by atoms with E-state index < -0.39 is 64.9 Å². The summed E-state index contributed by atoms with van der Waals surface area (Å²) in [6, 6.07) is -0.211. The molecule has 0 radical (unpaired) electrons. The number of imidazole rings is 1. The van der Waals surface area contributed by atoms with E-state index in [-0.39, 0.29) is 77.6 Å². The summed E-state index contributed by atoms with van der Waals surface area (Å²) in [5.74, 6) is -1.47. The van der Waals surface area contributed by atoms with Crippen molar-refractivity contribution >= 4 is 11.9 Å². The van der Waals surface area contributed by atoms with E-state index in [4.69, 9.17) is 9.47 Å². The van der Waals surface area contributed by atoms with E-state index in [1.54, 1.807) is 12.5 Å². The third kappa shape index (κ3) is 6.79. The highest BCUT2D eigenvalue weighted by Gasteiger charge is 2.76. The van der Waals surface area contributed by atoms with Crippen molar-refractivity contribution < 1.29 is 54.8 Å². The first-order valence-electron chi connectivity index (χ1n) is 24.3. The van der Waals surface area contributed by atoms with Gasteiger partial charge in [0.15, 0.2) is 6.29 Å². The highest BCUT2D eigenvalue weighted by molar-refractivity contribution is 5.79. The van der Waals surface area contributed by atoms with Crippen molar-refractivity contribution in [3.63, 3.8) is 0 Å². The Morgan fingerprint density at radius 3 is 2.35 bits per heavy atom. The molecule has 2 saturated heterocycles. The Hall–Kier alpha value is -2.43. The zero-order valence-corrected chi connectivity index (χ0v) is 37.9. The number of aromatic amines is 1. The molecule has 0 spiro atoms. The SMILES string of the molecule is C[C@]1(CO)CC[C@]2(C(=O)O)CC[C@]3(C)C(=CC[C@@H]4[C@@]5(C6CCCCC6)[C@H](C[C@H]6CC(=O)N[C@@H]6Cc6cnc[nH]6)[C@@H](O)[C@@H](O[C@@H]6OC[C@@H](O)[C@H](O)[C@H]6O)[C@@](C)(CO)[C@H]5CC[C@]43C)[C@@H]2C1. The van der Waals surface area contributed by atoms with Crippen molar-refractivity contribution in [1.29, 1.82) is 0 Å². The molecule has 5 saturated carbocycles. The van der Waals surface area contributed by atoms with Crippen LogP contribution < -0.4 is 5.32 Å². The molecular weight excluding hydrogens is 807 g/mol. The molecule has 352 valence electrons. The molecule has 7 fully saturated rings. The number of carboxylic acids is 1. The highest BCUT2D eigenvalue weighted by atomic mass is 16.7. The summed E-state index contributed by atoms with van der Waals surface area (Å²) in [6.45, 7) is 8.42. The van der Waals surface area contributed by atoms with Crippen LogP contribution in [0, 0.1) is 68.0 Å². The first-order chi connectivity index (χ1) is 29.9. The van der Waals surface area contributed by atoms with Gasteiger partial charge in [-0.15, -0.1) is 0 Å². The third-order valence-electron chi connectivity index (χ3n) is 20.3. The second kappa shape index (κ2) is 16.4. The number of aromatic nitrogens is 2. The molecule has 9 N–H and O–H groups in total. The van der Waals surface area contributed by atoms with Gasteiger partial charge in [0.25, 0.3) is 0 Å². The number of aliphatic hydroxyl groups excluding tert-OH is 6. The number of hydrogen-bond acceptors (Lipinski definition) is 11. The molecule has 8 aliphatic rings. The monoisotopic (exact) mass is 882 g/mol. The van der Waals surface area contributed by atoms with E-state index in [0.717, 1.165) is 57.1 Å². The molecule has 0 bridgehead atoms. The summed E-state index contributed by atoms with van der Waals surface area (Å²) in [5.41, 5.74) is -1.38. The zero-order chi connectivity index (χ0) is 44.9. The van der Waals surface area contributed by atoms with Crippen LogP contribution in [-0.4, -0.2) is 120 Å². The van der Waals surface area contributed by atoms with E-state index in [1.165, 1.54) is 5.57 Å². The van der Waals surface area contributed by atoms with Crippen molar-refractivity contribution in [3.05, 3.63) is 29.9 Å². The van der Waals surface area contributed by atoms with Gasteiger partial charge in [-0.05, 0) is 128 Å². The maximum Gasteiger partial charge on any atom is 0.310 e. The number of nitrogens with zero attached hydrogens (tertiary/aromatic N) is 1. The fraction of sp³-hybridized carbons (Fsp3) is 0.857. The van der Waals surface area contributed by atoms with Crippen molar-refractivity contribution in [3.8, 4) is 0 Å². The van der Waals surface area contributed by atoms with Crippen molar-refractivity contribution in [2.75, 3.05) is 19.8 Å². The molecule has 0 aromatic carbocycles. The van der Waals surface area contributed by atoms with E-state index >= 15 is 0 Å². The molecule has 63 heavy (non-hydrogen) atoms. The molecule has 1 aromatic rings. The van der Waals surface area contributed by atoms with Gasteiger partial charge in [-0.1, -0.05) is 58.6 Å². The summed E-state index contributed by atoms with van der Waals surface area (Å²) in [5, 5.41) is 82.8. The molecule has 1 amide bonds. The Balaban J connectivity index is 1.21.